The van der Waals surface area contributed by atoms with Gasteiger partial charge in [-0.05, 0) is 25.3 Å². The number of anilines is 1. The minimum Gasteiger partial charge on any atom is -0.454 e. The lowest BCUT2D eigenvalue weighted by Gasteiger charge is -2.37. The molecule has 1 fully saturated rings. The summed E-state index contributed by atoms with van der Waals surface area (Å²) in [6, 6.07) is 3.45. The fourth-order valence-electron chi connectivity index (χ4n) is 2.55. The standard InChI is InChI=1S/C14H18N2O4/c15-11-7-13-12(19-8-20-13)6-10(11)14(18)16(4-5-17)9-2-1-3-9/h6-7,9,17H,1-5,8,15H2. The van der Waals surface area contributed by atoms with Crippen molar-refractivity contribution in [2.75, 3.05) is 25.7 Å². The Labute approximate surface area is 117 Å². The lowest BCUT2D eigenvalue weighted by molar-refractivity contribution is 0.0526. The third-order valence-corrected chi connectivity index (χ3v) is 3.89. The van der Waals surface area contributed by atoms with E-state index in [0.29, 0.717) is 29.3 Å². The number of benzene rings is 1. The molecular formula is C14H18N2O4. The second-order valence-electron chi connectivity index (χ2n) is 5.10. The fourth-order valence-corrected chi connectivity index (χ4v) is 2.55. The third-order valence-electron chi connectivity index (χ3n) is 3.89. The zero-order valence-electron chi connectivity index (χ0n) is 11.2. The van der Waals surface area contributed by atoms with E-state index in [2.05, 4.69) is 0 Å². The molecule has 1 aromatic rings. The Morgan fingerprint density at radius 1 is 1.35 bits per heavy atom. The zero-order chi connectivity index (χ0) is 14.1. The predicted octanol–water partition coefficient (Wildman–Crippen LogP) is 0.984. The Morgan fingerprint density at radius 3 is 2.65 bits per heavy atom. The summed E-state index contributed by atoms with van der Waals surface area (Å²) in [6.45, 7) is 0.430. The van der Waals surface area contributed by atoms with Gasteiger partial charge in [-0.3, -0.25) is 4.79 Å². The molecular weight excluding hydrogens is 260 g/mol. The molecule has 6 heteroatoms. The van der Waals surface area contributed by atoms with E-state index in [-0.39, 0.29) is 25.3 Å². The summed E-state index contributed by atoms with van der Waals surface area (Å²) >= 11 is 0. The maximum absolute atomic E-state index is 12.6. The van der Waals surface area contributed by atoms with Crippen LogP contribution in [0.2, 0.25) is 0 Å². The molecule has 6 nitrogen and oxygen atoms in total. The molecule has 1 heterocycles. The first-order valence-electron chi connectivity index (χ1n) is 6.81. The first-order valence-corrected chi connectivity index (χ1v) is 6.81. The minimum atomic E-state index is -0.153. The lowest BCUT2D eigenvalue weighted by Crippen LogP contribution is -2.45. The van der Waals surface area contributed by atoms with Crippen LogP contribution in [0.5, 0.6) is 11.5 Å². The number of aliphatic hydroxyl groups excluding tert-OH is 1. The quantitative estimate of drug-likeness (QED) is 0.802. The second kappa shape index (κ2) is 5.20. The van der Waals surface area contributed by atoms with Crippen LogP contribution in [-0.2, 0) is 0 Å². The van der Waals surface area contributed by atoms with Crippen molar-refractivity contribution in [3.8, 4) is 11.5 Å². The van der Waals surface area contributed by atoms with Crippen LogP contribution in [0.25, 0.3) is 0 Å². The van der Waals surface area contributed by atoms with Crippen LogP contribution >= 0.6 is 0 Å². The summed E-state index contributed by atoms with van der Waals surface area (Å²) in [7, 11) is 0. The molecule has 1 aliphatic heterocycles. The number of rotatable bonds is 4. The highest BCUT2D eigenvalue weighted by Crippen LogP contribution is 2.37. The number of fused-ring (bicyclic) bond motifs is 1. The average molecular weight is 278 g/mol. The number of carbonyl (C=O) groups is 1. The first kappa shape index (κ1) is 13.1. The number of carbonyl (C=O) groups excluding carboxylic acids is 1. The number of aliphatic hydroxyl groups is 1. The van der Waals surface area contributed by atoms with Crippen molar-refractivity contribution in [2.24, 2.45) is 0 Å². The maximum Gasteiger partial charge on any atom is 0.256 e. The van der Waals surface area contributed by atoms with Gasteiger partial charge in [-0.15, -0.1) is 0 Å². The van der Waals surface area contributed by atoms with Crippen molar-refractivity contribution >= 4 is 11.6 Å². The Morgan fingerprint density at radius 2 is 2.05 bits per heavy atom. The number of nitrogens with zero attached hydrogens (tertiary/aromatic N) is 1. The molecule has 0 spiro atoms. The van der Waals surface area contributed by atoms with E-state index in [9.17, 15) is 4.79 Å². The molecule has 0 unspecified atom stereocenters. The molecule has 3 N–H and O–H groups in total. The van der Waals surface area contributed by atoms with E-state index >= 15 is 0 Å². The molecule has 1 aliphatic carbocycles. The van der Waals surface area contributed by atoms with Crippen LogP contribution in [0.1, 0.15) is 29.6 Å². The molecule has 1 amide bonds. The highest BCUT2D eigenvalue weighted by atomic mass is 16.7. The second-order valence-corrected chi connectivity index (χ2v) is 5.10. The molecule has 0 bridgehead atoms. The van der Waals surface area contributed by atoms with Gasteiger partial charge in [0.15, 0.2) is 11.5 Å². The van der Waals surface area contributed by atoms with E-state index in [1.54, 1.807) is 17.0 Å². The molecule has 0 aromatic heterocycles. The summed E-state index contributed by atoms with van der Waals surface area (Å²) in [6.07, 6.45) is 3.09. The number of amides is 1. The predicted molar refractivity (Wildman–Crippen MR) is 72.7 cm³/mol. The topological polar surface area (TPSA) is 85.0 Å². The summed E-state index contributed by atoms with van der Waals surface area (Å²) < 4.78 is 10.5. The van der Waals surface area contributed by atoms with Crippen molar-refractivity contribution in [2.45, 2.75) is 25.3 Å². The van der Waals surface area contributed by atoms with Crippen LogP contribution < -0.4 is 15.2 Å². The average Bonchev–Trinajstić information content (AvgIpc) is 2.81. The van der Waals surface area contributed by atoms with E-state index in [0.717, 1.165) is 19.3 Å². The van der Waals surface area contributed by atoms with E-state index in [1.807, 2.05) is 0 Å². The van der Waals surface area contributed by atoms with Gasteiger partial charge in [0.25, 0.3) is 5.91 Å². The maximum atomic E-state index is 12.6. The number of hydrogen-bond acceptors (Lipinski definition) is 5. The highest BCUT2D eigenvalue weighted by Gasteiger charge is 2.31. The molecule has 2 aliphatic rings. The van der Waals surface area contributed by atoms with Gasteiger partial charge >= 0.3 is 0 Å². The van der Waals surface area contributed by atoms with Crippen molar-refractivity contribution in [3.63, 3.8) is 0 Å². The van der Waals surface area contributed by atoms with Gasteiger partial charge < -0.3 is 25.2 Å². The van der Waals surface area contributed by atoms with E-state index in [4.69, 9.17) is 20.3 Å². The monoisotopic (exact) mass is 278 g/mol. The van der Waals surface area contributed by atoms with Crippen LogP contribution in [0.3, 0.4) is 0 Å². The van der Waals surface area contributed by atoms with Gasteiger partial charge in [-0.1, -0.05) is 0 Å². The number of ether oxygens (including phenoxy) is 2. The molecule has 0 radical (unpaired) electrons. The summed E-state index contributed by atoms with van der Waals surface area (Å²) in [4.78, 5) is 14.3. The molecule has 0 atom stereocenters. The first-order chi connectivity index (χ1) is 9.70. The van der Waals surface area contributed by atoms with Crippen molar-refractivity contribution in [3.05, 3.63) is 17.7 Å². The van der Waals surface area contributed by atoms with Gasteiger partial charge in [-0.2, -0.15) is 0 Å². The zero-order valence-corrected chi connectivity index (χ0v) is 11.2. The smallest absolute Gasteiger partial charge is 0.256 e. The van der Waals surface area contributed by atoms with Crippen LogP contribution in [-0.4, -0.2) is 41.9 Å². The largest absolute Gasteiger partial charge is 0.454 e. The Kier molecular flexibility index (Phi) is 3.40. The summed E-state index contributed by atoms with van der Waals surface area (Å²) in [5, 5.41) is 9.16. The van der Waals surface area contributed by atoms with Crippen molar-refractivity contribution in [1.29, 1.82) is 0 Å². The van der Waals surface area contributed by atoms with Crippen molar-refractivity contribution < 1.29 is 19.4 Å². The van der Waals surface area contributed by atoms with Crippen molar-refractivity contribution in [1.82, 2.24) is 4.90 Å². The summed E-state index contributed by atoms with van der Waals surface area (Å²) in [5.74, 6) is 0.955. The minimum absolute atomic E-state index is 0.0489. The van der Waals surface area contributed by atoms with Gasteiger partial charge in [0.05, 0.1) is 12.2 Å². The molecule has 1 saturated carbocycles. The van der Waals surface area contributed by atoms with Gasteiger partial charge in [0.2, 0.25) is 6.79 Å². The highest BCUT2D eigenvalue weighted by molar-refractivity contribution is 6.00. The Hall–Kier alpha value is -1.95. The molecule has 3 rings (SSSR count). The SMILES string of the molecule is Nc1cc2c(cc1C(=O)N(CCO)C1CCC1)OCO2. The normalized spacial score (nSPS) is 16.9. The third kappa shape index (κ3) is 2.16. The van der Waals surface area contributed by atoms with Gasteiger partial charge in [0.1, 0.15) is 0 Å². The number of hydrogen-bond donors (Lipinski definition) is 2. The Balaban J connectivity index is 1.88. The summed E-state index contributed by atoms with van der Waals surface area (Å²) in [5.41, 5.74) is 6.73. The van der Waals surface area contributed by atoms with Crippen LogP contribution in [0.4, 0.5) is 5.69 Å². The molecule has 108 valence electrons. The number of nitrogens with two attached hydrogens (primary N) is 1. The van der Waals surface area contributed by atoms with E-state index < -0.39 is 0 Å². The lowest BCUT2D eigenvalue weighted by atomic mass is 9.91. The molecule has 20 heavy (non-hydrogen) atoms. The molecule has 1 aromatic carbocycles. The van der Waals surface area contributed by atoms with Crippen LogP contribution in [0, 0.1) is 0 Å². The fraction of sp³-hybridized carbons (Fsp3) is 0.500. The van der Waals surface area contributed by atoms with E-state index in [1.165, 1.54) is 0 Å². The van der Waals surface area contributed by atoms with Gasteiger partial charge in [-0.25, -0.2) is 0 Å². The van der Waals surface area contributed by atoms with Gasteiger partial charge in [0, 0.05) is 24.3 Å². The van der Waals surface area contributed by atoms with Crippen LogP contribution in [0.15, 0.2) is 12.1 Å². The number of nitrogen functional groups attached to an aromatic ring is 1. The Bertz CT molecular complexity index is 528. The molecule has 0 saturated heterocycles.